The van der Waals surface area contributed by atoms with Crippen LogP contribution in [0.5, 0.6) is 5.75 Å². The van der Waals surface area contributed by atoms with Crippen molar-refractivity contribution in [3.8, 4) is 5.75 Å². The Labute approximate surface area is 113 Å². The van der Waals surface area contributed by atoms with Gasteiger partial charge < -0.3 is 14.6 Å². The third kappa shape index (κ3) is 4.09. The van der Waals surface area contributed by atoms with Crippen LogP contribution in [0.3, 0.4) is 0 Å². The maximum Gasteiger partial charge on any atom is 0.120 e. The van der Waals surface area contributed by atoms with Gasteiger partial charge in [-0.05, 0) is 22.9 Å². The molecule has 0 saturated heterocycles. The molecule has 100 valence electrons. The van der Waals surface area contributed by atoms with Gasteiger partial charge in [0.05, 0.1) is 13.2 Å². The topological polar surface area (TPSA) is 38.7 Å². The lowest BCUT2D eigenvalue weighted by molar-refractivity contribution is 0.0214. The Morgan fingerprint density at radius 3 is 2.68 bits per heavy atom. The Bertz CT molecular complexity index is 536. The van der Waals surface area contributed by atoms with E-state index < -0.39 is 6.10 Å². The molecule has 0 fully saturated rings. The van der Waals surface area contributed by atoms with Crippen LogP contribution in [0.1, 0.15) is 0 Å². The molecule has 0 saturated carbocycles. The van der Waals surface area contributed by atoms with E-state index in [-0.39, 0.29) is 13.2 Å². The van der Waals surface area contributed by atoms with Crippen molar-refractivity contribution in [2.24, 2.45) is 0 Å². The van der Waals surface area contributed by atoms with E-state index in [1.54, 1.807) is 6.08 Å². The second-order valence-corrected chi connectivity index (χ2v) is 4.30. The van der Waals surface area contributed by atoms with E-state index in [0.717, 1.165) is 11.1 Å². The van der Waals surface area contributed by atoms with Gasteiger partial charge in [0.1, 0.15) is 18.5 Å². The number of ether oxygens (including phenoxy) is 2. The van der Waals surface area contributed by atoms with Crippen LogP contribution in [-0.4, -0.2) is 31.0 Å². The van der Waals surface area contributed by atoms with Gasteiger partial charge in [-0.15, -0.1) is 6.58 Å². The lowest BCUT2D eigenvalue weighted by atomic mass is 10.1. The molecule has 0 radical (unpaired) electrons. The van der Waals surface area contributed by atoms with Gasteiger partial charge in [0, 0.05) is 0 Å². The molecule has 0 bridgehead atoms. The Balaban J connectivity index is 1.88. The van der Waals surface area contributed by atoms with Gasteiger partial charge >= 0.3 is 0 Å². The van der Waals surface area contributed by atoms with Crippen molar-refractivity contribution in [3.05, 3.63) is 55.1 Å². The van der Waals surface area contributed by atoms with Gasteiger partial charge in [-0.1, -0.05) is 36.4 Å². The summed E-state index contributed by atoms with van der Waals surface area (Å²) in [6.45, 7) is 4.45. The standard InChI is InChI=1S/C16H18O3/c1-2-9-18-11-15(17)12-19-16-8-7-13-5-3-4-6-14(13)10-16/h2-8,10,15,17H,1,9,11-12H2. The second kappa shape index (κ2) is 6.92. The first-order chi connectivity index (χ1) is 9.29. The van der Waals surface area contributed by atoms with E-state index in [2.05, 4.69) is 12.6 Å². The lowest BCUT2D eigenvalue weighted by Gasteiger charge is -2.12. The average Bonchev–Trinajstić information content (AvgIpc) is 2.45. The molecule has 2 aromatic carbocycles. The Morgan fingerprint density at radius 1 is 1.11 bits per heavy atom. The Hall–Kier alpha value is -1.84. The van der Waals surface area contributed by atoms with Crippen molar-refractivity contribution in [2.45, 2.75) is 6.10 Å². The highest BCUT2D eigenvalue weighted by atomic mass is 16.5. The summed E-state index contributed by atoms with van der Waals surface area (Å²) in [5, 5.41) is 12.0. The SMILES string of the molecule is C=CCOCC(O)COc1ccc2ccccc2c1. The summed E-state index contributed by atoms with van der Waals surface area (Å²) >= 11 is 0. The normalized spacial score (nSPS) is 12.3. The van der Waals surface area contributed by atoms with Crippen molar-refractivity contribution in [1.29, 1.82) is 0 Å². The van der Waals surface area contributed by atoms with E-state index in [4.69, 9.17) is 9.47 Å². The predicted octanol–water partition coefficient (Wildman–Crippen LogP) is 2.78. The van der Waals surface area contributed by atoms with Crippen LogP contribution in [0.15, 0.2) is 55.1 Å². The molecular weight excluding hydrogens is 240 g/mol. The van der Waals surface area contributed by atoms with Crippen LogP contribution >= 0.6 is 0 Å². The smallest absolute Gasteiger partial charge is 0.120 e. The van der Waals surface area contributed by atoms with E-state index in [1.807, 2.05) is 36.4 Å². The first kappa shape index (κ1) is 13.6. The first-order valence-corrected chi connectivity index (χ1v) is 6.28. The van der Waals surface area contributed by atoms with E-state index >= 15 is 0 Å². The first-order valence-electron chi connectivity index (χ1n) is 6.28. The predicted molar refractivity (Wildman–Crippen MR) is 76.5 cm³/mol. The molecule has 1 atom stereocenters. The molecule has 3 heteroatoms. The molecule has 0 aromatic heterocycles. The summed E-state index contributed by atoms with van der Waals surface area (Å²) in [5.41, 5.74) is 0. The monoisotopic (exact) mass is 258 g/mol. The lowest BCUT2D eigenvalue weighted by Crippen LogP contribution is -2.23. The summed E-state index contributed by atoms with van der Waals surface area (Å²) in [6, 6.07) is 14.0. The summed E-state index contributed by atoms with van der Waals surface area (Å²) in [4.78, 5) is 0. The van der Waals surface area contributed by atoms with Crippen LogP contribution in [0.25, 0.3) is 10.8 Å². The van der Waals surface area contributed by atoms with Crippen molar-refractivity contribution in [1.82, 2.24) is 0 Å². The molecule has 1 N–H and O–H groups in total. The number of aliphatic hydroxyl groups is 1. The summed E-state index contributed by atoms with van der Waals surface area (Å²) in [7, 11) is 0. The molecule has 3 nitrogen and oxygen atoms in total. The Kier molecular flexibility index (Phi) is 4.95. The van der Waals surface area contributed by atoms with E-state index in [0.29, 0.717) is 6.61 Å². The van der Waals surface area contributed by atoms with Crippen LogP contribution < -0.4 is 4.74 Å². The van der Waals surface area contributed by atoms with Crippen molar-refractivity contribution in [2.75, 3.05) is 19.8 Å². The maximum atomic E-state index is 9.67. The summed E-state index contributed by atoms with van der Waals surface area (Å²) < 4.78 is 10.7. The highest BCUT2D eigenvalue weighted by Crippen LogP contribution is 2.20. The molecule has 0 heterocycles. The quantitative estimate of drug-likeness (QED) is 0.613. The number of fused-ring (bicyclic) bond motifs is 1. The fraction of sp³-hybridized carbons (Fsp3) is 0.250. The zero-order valence-electron chi connectivity index (χ0n) is 10.8. The minimum absolute atomic E-state index is 0.218. The second-order valence-electron chi connectivity index (χ2n) is 4.30. The fourth-order valence-electron chi connectivity index (χ4n) is 1.79. The van der Waals surface area contributed by atoms with E-state index in [9.17, 15) is 5.11 Å². The zero-order valence-corrected chi connectivity index (χ0v) is 10.8. The minimum atomic E-state index is -0.633. The third-order valence-electron chi connectivity index (χ3n) is 2.71. The molecule has 0 aliphatic heterocycles. The molecule has 19 heavy (non-hydrogen) atoms. The molecule has 2 rings (SSSR count). The highest BCUT2D eigenvalue weighted by Gasteiger charge is 2.05. The van der Waals surface area contributed by atoms with Crippen molar-refractivity contribution < 1.29 is 14.6 Å². The average molecular weight is 258 g/mol. The number of benzene rings is 2. The van der Waals surface area contributed by atoms with Gasteiger partial charge in [0.2, 0.25) is 0 Å². The van der Waals surface area contributed by atoms with Crippen LogP contribution in [0.2, 0.25) is 0 Å². The van der Waals surface area contributed by atoms with Crippen LogP contribution in [0.4, 0.5) is 0 Å². The number of rotatable bonds is 7. The Morgan fingerprint density at radius 2 is 1.89 bits per heavy atom. The maximum absolute atomic E-state index is 9.67. The van der Waals surface area contributed by atoms with Crippen molar-refractivity contribution in [3.63, 3.8) is 0 Å². The largest absolute Gasteiger partial charge is 0.491 e. The van der Waals surface area contributed by atoms with Gasteiger partial charge in [-0.2, -0.15) is 0 Å². The minimum Gasteiger partial charge on any atom is -0.491 e. The van der Waals surface area contributed by atoms with Crippen LogP contribution in [-0.2, 0) is 4.74 Å². The fourth-order valence-corrected chi connectivity index (χ4v) is 1.79. The molecule has 2 aromatic rings. The number of hydrogen-bond donors (Lipinski definition) is 1. The van der Waals surface area contributed by atoms with Crippen LogP contribution in [0, 0.1) is 0 Å². The van der Waals surface area contributed by atoms with Gasteiger partial charge in [0.25, 0.3) is 0 Å². The van der Waals surface area contributed by atoms with E-state index in [1.165, 1.54) is 5.39 Å². The van der Waals surface area contributed by atoms with Gasteiger partial charge in [-0.3, -0.25) is 0 Å². The number of hydrogen-bond acceptors (Lipinski definition) is 3. The summed E-state index contributed by atoms with van der Waals surface area (Å²) in [6.07, 6.45) is 1.02. The molecule has 0 aliphatic rings. The van der Waals surface area contributed by atoms with Crippen molar-refractivity contribution >= 4 is 10.8 Å². The molecular formula is C16H18O3. The molecule has 0 aliphatic carbocycles. The molecule has 1 unspecified atom stereocenters. The number of aliphatic hydroxyl groups excluding tert-OH is 1. The molecule has 0 spiro atoms. The van der Waals surface area contributed by atoms with Gasteiger partial charge in [-0.25, -0.2) is 0 Å². The van der Waals surface area contributed by atoms with Gasteiger partial charge in [0.15, 0.2) is 0 Å². The summed E-state index contributed by atoms with van der Waals surface area (Å²) in [5.74, 6) is 0.751. The zero-order chi connectivity index (χ0) is 13.5. The third-order valence-corrected chi connectivity index (χ3v) is 2.71. The molecule has 0 amide bonds. The highest BCUT2D eigenvalue weighted by molar-refractivity contribution is 5.83.